The number of sulfonamides is 1. The van der Waals surface area contributed by atoms with Crippen LogP contribution in [0.1, 0.15) is 101 Å². The highest BCUT2D eigenvalue weighted by molar-refractivity contribution is 7.91. The average molecular weight is 835 g/mol. The van der Waals surface area contributed by atoms with Gasteiger partial charge in [0.1, 0.15) is 23.4 Å². The number of fused-ring (bicyclic) bond motifs is 1. The smallest absolute Gasteiger partial charge is 0.318 e. The van der Waals surface area contributed by atoms with Crippen molar-refractivity contribution in [2.75, 3.05) is 33.4 Å². The molecule has 16 heteroatoms. The second-order valence-corrected chi connectivity index (χ2v) is 19.6. The largest absolute Gasteiger partial charge is 0.497 e. The van der Waals surface area contributed by atoms with Crippen LogP contribution in [0.3, 0.4) is 0 Å². The molecule has 4 aliphatic carbocycles. The lowest BCUT2D eigenvalue weighted by atomic mass is 9.66. The first-order chi connectivity index (χ1) is 28.4. The van der Waals surface area contributed by atoms with Gasteiger partial charge < -0.3 is 34.9 Å². The van der Waals surface area contributed by atoms with Crippen LogP contribution in [0.5, 0.6) is 5.75 Å². The maximum absolute atomic E-state index is 14.4. The van der Waals surface area contributed by atoms with Crippen LogP contribution in [-0.4, -0.2) is 109 Å². The minimum Gasteiger partial charge on any atom is -0.497 e. The van der Waals surface area contributed by atoms with Gasteiger partial charge in [-0.25, -0.2) is 13.2 Å². The molecule has 4 unspecified atom stereocenters. The molecule has 59 heavy (non-hydrogen) atoms. The average Bonchev–Trinajstić information content (AvgIpc) is 4.00. The molecule has 2 saturated heterocycles. The maximum Gasteiger partial charge on any atom is 0.318 e. The molecule has 6 aliphatic rings. The molecular weight excluding hydrogens is 777 g/mol. The summed E-state index contributed by atoms with van der Waals surface area (Å²) in [5, 5.41) is 6.34. The van der Waals surface area contributed by atoms with E-state index in [1.807, 2.05) is 24.3 Å². The number of methoxy groups -OCH3 is 1. The van der Waals surface area contributed by atoms with Crippen LogP contribution >= 0.6 is 0 Å². The van der Waals surface area contributed by atoms with Crippen molar-refractivity contribution in [2.24, 2.45) is 17.8 Å². The highest BCUT2D eigenvalue weighted by Gasteiger charge is 2.55. The summed E-state index contributed by atoms with van der Waals surface area (Å²) in [6.45, 7) is 5.65. The van der Waals surface area contributed by atoms with E-state index in [1.165, 1.54) is 0 Å². The molecule has 1 aromatic heterocycles. The number of carbonyl (C=O) groups excluding carboxylic acids is 4. The number of rotatable bonds is 16. The van der Waals surface area contributed by atoms with Gasteiger partial charge in [-0.15, -0.1) is 6.58 Å². The summed E-state index contributed by atoms with van der Waals surface area (Å²) in [5.74, 6) is -0.701. The Balaban J connectivity index is 0.828. The number of ether oxygens (including phenoxy) is 2. The van der Waals surface area contributed by atoms with E-state index in [-0.39, 0.29) is 41.9 Å². The van der Waals surface area contributed by atoms with Crippen molar-refractivity contribution in [3.63, 3.8) is 0 Å². The zero-order chi connectivity index (χ0) is 41.5. The zero-order valence-corrected chi connectivity index (χ0v) is 34.7. The van der Waals surface area contributed by atoms with Crippen molar-refractivity contribution in [3.05, 3.63) is 52.8 Å². The van der Waals surface area contributed by atoms with E-state index in [2.05, 4.69) is 26.9 Å². The van der Waals surface area contributed by atoms with Gasteiger partial charge in [-0.1, -0.05) is 18.9 Å². The van der Waals surface area contributed by atoms with Gasteiger partial charge in [0.05, 0.1) is 24.0 Å². The van der Waals surface area contributed by atoms with E-state index in [0.29, 0.717) is 76.4 Å². The van der Waals surface area contributed by atoms with Crippen LogP contribution in [-0.2, 0) is 29.1 Å². The zero-order valence-electron chi connectivity index (χ0n) is 33.9. The fraction of sp³-hybridized carbons (Fsp3) is 0.651. The van der Waals surface area contributed by atoms with E-state index < -0.39 is 50.6 Å². The van der Waals surface area contributed by atoms with Crippen LogP contribution in [0.25, 0.3) is 10.9 Å². The van der Waals surface area contributed by atoms with E-state index in [4.69, 9.17) is 9.47 Å². The van der Waals surface area contributed by atoms with Crippen molar-refractivity contribution in [1.82, 2.24) is 30.1 Å². The number of carbonyl (C=O) groups is 4. The Morgan fingerprint density at radius 1 is 1.03 bits per heavy atom. The molecule has 3 heterocycles. The van der Waals surface area contributed by atoms with E-state index >= 15 is 0 Å². The van der Waals surface area contributed by atoms with Gasteiger partial charge in [-0.2, -0.15) is 0 Å². The lowest BCUT2D eigenvalue weighted by Crippen LogP contribution is -2.70. The van der Waals surface area contributed by atoms with Crippen molar-refractivity contribution in [2.45, 2.75) is 125 Å². The summed E-state index contributed by atoms with van der Waals surface area (Å²) in [5.41, 5.74) is 0.0842. The van der Waals surface area contributed by atoms with Crippen LogP contribution < -0.4 is 25.7 Å². The number of pyridine rings is 1. The Bertz CT molecular complexity index is 2130. The van der Waals surface area contributed by atoms with Gasteiger partial charge in [0.25, 0.3) is 11.5 Å². The summed E-state index contributed by atoms with van der Waals surface area (Å²) < 4.78 is 39.1. The lowest BCUT2D eigenvalue weighted by molar-refractivity contribution is -0.145. The van der Waals surface area contributed by atoms with Gasteiger partial charge >= 0.3 is 6.03 Å². The number of amides is 5. The minimum atomic E-state index is -3.84. The normalized spacial score (nSPS) is 28.5. The Kier molecular flexibility index (Phi) is 11.8. The van der Waals surface area contributed by atoms with Gasteiger partial charge in [-0.3, -0.25) is 23.9 Å². The maximum atomic E-state index is 14.4. The first-order valence-corrected chi connectivity index (χ1v) is 23.1. The summed E-state index contributed by atoms with van der Waals surface area (Å²) in [4.78, 5) is 74.7. The molecule has 2 aliphatic heterocycles. The van der Waals surface area contributed by atoms with Crippen LogP contribution in [0.2, 0.25) is 0 Å². The molecule has 1 aromatic carbocycles. The molecular formula is C43H58N6O9S. The molecule has 0 bridgehead atoms. The minimum absolute atomic E-state index is 0.0495. The fourth-order valence-corrected chi connectivity index (χ4v) is 11.3. The molecule has 2 aromatic rings. The van der Waals surface area contributed by atoms with Crippen molar-refractivity contribution in [3.8, 4) is 5.75 Å². The van der Waals surface area contributed by atoms with Crippen LogP contribution in [0, 0.1) is 17.8 Å². The number of nitrogens with zero attached hydrogens (tertiary/aromatic N) is 2. The highest BCUT2D eigenvalue weighted by atomic mass is 32.2. The summed E-state index contributed by atoms with van der Waals surface area (Å²) in [7, 11) is -2.24. The first kappa shape index (κ1) is 41.3. The third-order valence-electron chi connectivity index (χ3n) is 13.9. The Morgan fingerprint density at radius 2 is 1.83 bits per heavy atom. The molecule has 0 spiro atoms. The predicted molar refractivity (Wildman–Crippen MR) is 220 cm³/mol. The number of H-pyrrole nitrogens is 1. The number of urea groups is 1. The quantitative estimate of drug-likeness (QED) is 0.144. The molecule has 5 amide bonds. The SMILES string of the molecule is C=C[C@@H]1CC[C@]1(NC(=O)[C@@H]1CCCN1C(=O)C(NC(=O)N1CCC(OCCCC2CC2c2cc3ccc(OC)cc3[nH]c2=O)C1)C1CCCC1)C(=O)NS(=O)(=O)C1CC1. The topological polar surface area (TPSA) is 196 Å². The highest BCUT2D eigenvalue weighted by Crippen LogP contribution is 2.49. The van der Waals surface area contributed by atoms with Crippen LogP contribution in [0.4, 0.5) is 4.79 Å². The van der Waals surface area contributed by atoms with Gasteiger partial charge in [0.15, 0.2) is 0 Å². The number of nitrogens with one attached hydrogen (secondary N) is 4. The Labute approximate surface area is 345 Å². The van der Waals surface area contributed by atoms with Gasteiger partial charge in [0, 0.05) is 43.8 Å². The van der Waals surface area contributed by atoms with E-state index in [0.717, 1.165) is 61.4 Å². The molecule has 15 nitrogen and oxygen atoms in total. The molecule has 4 N–H and O–H groups in total. The van der Waals surface area contributed by atoms with Crippen LogP contribution in [0.15, 0.2) is 41.7 Å². The lowest BCUT2D eigenvalue weighted by Gasteiger charge is -2.47. The number of likely N-dealkylation sites (tertiary alicyclic amines) is 2. The monoisotopic (exact) mass is 834 g/mol. The van der Waals surface area contributed by atoms with Gasteiger partial charge in [-0.05, 0) is 118 Å². The molecule has 0 radical (unpaired) electrons. The Morgan fingerprint density at radius 3 is 2.54 bits per heavy atom. The predicted octanol–water partition coefficient (Wildman–Crippen LogP) is 3.83. The second kappa shape index (κ2) is 16.9. The molecule has 4 saturated carbocycles. The Hall–Kier alpha value is -4.44. The van der Waals surface area contributed by atoms with Crippen molar-refractivity contribution in [1.29, 1.82) is 0 Å². The number of benzene rings is 1. The number of hydrogen-bond donors (Lipinski definition) is 4. The summed E-state index contributed by atoms with van der Waals surface area (Å²) in [6.07, 6.45) is 11.2. The number of aromatic nitrogens is 1. The van der Waals surface area contributed by atoms with Gasteiger partial charge in [0.2, 0.25) is 21.8 Å². The third-order valence-corrected chi connectivity index (χ3v) is 15.7. The number of aromatic amines is 1. The second-order valence-electron chi connectivity index (χ2n) is 17.7. The summed E-state index contributed by atoms with van der Waals surface area (Å²) >= 11 is 0. The molecule has 7 atom stereocenters. The molecule has 8 rings (SSSR count). The van der Waals surface area contributed by atoms with Crippen molar-refractivity contribution < 1.29 is 37.1 Å². The number of hydrogen-bond acceptors (Lipinski definition) is 9. The van der Waals surface area contributed by atoms with E-state index in [1.54, 1.807) is 23.0 Å². The fourth-order valence-electron chi connectivity index (χ4n) is 9.97. The van der Waals surface area contributed by atoms with E-state index in [9.17, 15) is 32.4 Å². The molecule has 320 valence electrons. The first-order valence-electron chi connectivity index (χ1n) is 21.6. The third kappa shape index (κ3) is 8.61. The standard InChI is InChI=1S/C43H58N6O9S/c1-3-29-16-18-43(29,41(53)47-59(55,56)32-14-15-32)46-39(51)36-11-6-19-49(36)40(52)37(26-8-4-5-9-26)45-42(54)48-20-17-31(25-48)58-21-7-10-27-22-33(27)34-23-28-12-13-30(57-2)24-35(28)44-38(34)50/h3,12-13,23-24,26-27,29,31-33,36-37H,1,4-11,14-22,25H2,2H3,(H,44,50)(H,45,54)(H,46,51)(H,47,53)/t27?,29-,31?,33?,36+,37?,43-/m1/s1. The summed E-state index contributed by atoms with van der Waals surface area (Å²) in [6, 6.07) is 5.71. The van der Waals surface area contributed by atoms with Crippen molar-refractivity contribution >= 4 is 44.7 Å². The molecule has 6 fully saturated rings.